The molecule has 0 N–H and O–H groups in total. The van der Waals surface area contributed by atoms with Crippen molar-refractivity contribution < 1.29 is 4.74 Å². The number of aromatic nitrogens is 6. The molecule has 0 saturated heterocycles. The van der Waals surface area contributed by atoms with Gasteiger partial charge in [-0.2, -0.15) is 0 Å². The molecule has 4 rings (SSSR count). The summed E-state index contributed by atoms with van der Waals surface area (Å²) in [5, 5.41) is 12.2. The molecule has 8 nitrogen and oxygen atoms in total. The van der Waals surface area contributed by atoms with Crippen LogP contribution in [-0.4, -0.2) is 48.7 Å². The highest BCUT2D eigenvalue weighted by atomic mass is 16.5. The van der Waals surface area contributed by atoms with Crippen LogP contribution in [0.2, 0.25) is 0 Å². The third-order valence-corrected chi connectivity index (χ3v) is 4.38. The highest BCUT2D eigenvalue weighted by molar-refractivity contribution is 5.31. The van der Waals surface area contributed by atoms with Crippen LogP contribution in [0.4, 0.5) is 0 Å². The number of hydrogen-bond donors (Lipinski definition) is 0. The Bertz CT molecular complexity index is 835. The fourth-order valence-corrected chi connectivity index (χ4v) is 3.10. The summed E-state index contributed by atoms with van der Waals surface area (Å²) in [6.45, 7) is 2.99. The lowest BCUT2D eigenvalue weighted by atomic mass is 10.1. The van der Waals surface area contributed by atoms with Crippen LogP contribution in [0.15, 0.2) is 36.7 Å². The van der Waals surface area contributed by atoms with Crippen molar-refractivity contribution in [2.24, 2.45) is 0 Å². The van der Waals surface area contributed by atoms with Gasteiger partial charge in [0.1, 0.15) is 6.33 Å². The Kier molecular flexibility index (Phi) is 4.34. The van der Waals surface area contributed by atoms with Crippen molar-refractivity contribution in [3.05, 3.63) is 59.3 Å². The fraction of sp³-hybridized carbons (Fsp3) is 0.353. The number of fused-ring (bicyclic) bond motifs is 1. The van der Waals surface area contributed by atoms with Crippen LogP contribution in [0.3, 0.4) is 0 Å². The van der Waals surface area contributed by atoms with E-state index in [1.807, 2.05) is 22.9 Å². The van der Waals surface area contributed by atoms with E-state index >= 15 is 0 Å². The summed E-state index contributed by atoms with van der Waals surface area (Å²) in [4.78, 5) is 10.9. The normalized spacial score (nSPS) is 14.3. The second-order valence-electron chi connectivity index (χ2n) is 6.01. The predicted molar refractivity (Wildman–Crippen MR) is 89.8 cm³/mol. The average Bonchev–Trinajstić information content (AvgIpc) is 3.08. The number of benzene rings is 1. The van der Waals surface area contributed by atoms with Gasteiger partial charge >= 0.3 is 0 Å². The van der Waals surface area contributed by atoms with Gasteiger partial charge in [0.15, 0.2) is 5.82 Å². The molecule has 25 heavy (non-hydrogen) atoms. The number of ether oxygens (including phenoxy) is 1. The topological polar surface area (TPSA) is 81.8 Å². The van der Waals surface area contributed by atoms with Gasteiger partial charge in [0, 0.05) is 25.1 Å². The maximum absolute atomic E-state index is 5.38. The minimum atomic E-state index is 0.651. The van der Waals surface area contributed by atoms with Gasteiger partial charge in [-0.25, -0.2) is 14.6 Å². The van der Waals surface area contributed by atoms with Crippen LogP contribution in [-0.2, 0) is 26.1 Å². The number of methoxy groups -OCH3 is 1. The van der Waals surface area contributed by atoms with Crippen molar-refractivity contribution in [3.8, 4) is 5.88 Å². The molecule has 0 atom stereocenters. The fourth-order valence-electron chi connectivity index (χ4n) is 3.10. The lowest BCUT2D eigenvalue weighted by Crippen LogP contribution is -2.32. The summed E-state index contributed by atoms with van der Waals surface area (Å²) in [5.74, 6) is 1.50. The minimum Gasteiger partial charge on any atom is -0.481 e. The molecule has 0 spiro atoms. The van der Waals surface area contributed by atoms with Gasteiger partial charge in [-0.3, -0.25) is 4.90 Å². The Morgan fingerprint density at radius 1 is 1.12 bits per heavy atom. The summed E-state index contributed by atoms with van der Waals surface area (Å²) in [6, 6.07) is 10.2. The minimum absolute atomic E-state index is 0.651. The van der Waals surface area contributed by atoms with Crippen LogP contribution >= 0.6 is 0 Å². The molecule has 0 bridgehead atoms. The molecule has 0 amide bonds. The highest BCUT2D eigenvalue weighted by Gasteiger charge is 2.23. The third kappa shape index (κ3) is 3.34. The Hall–Kier alpha value is -2.87. The maximum atomic E-state index is 5.38. The zero-order valence-electron chi connectivity index (χ0n) is 14.0. The molecule has 128 valence electrons. The number of hydrogen-bond acceptors (Lipinski definition) is 7. The quantitative estimate of drug-likeness (QED) is 0.689. The second-order valence-corrected chi connectivity index (χ2v) is 6.01. The molecule has 0 unspecified atom stereocenters. The number of tetrazole rings is 1. The molecule has 1 aliphatic heterocycles. The Labute approximate surface area is 145 Å². The van der Waals surface area contributed by atoms with E-state index in [-0.39, 0.29) is 0 Å². The summed E-state index contributed by atoms with van der Waals surface area (Å²) in [6.07, 6.45) is 2.43. The van der Waals surface area contributed by atoms with Crippen molar-refractivity contribution in [2.45, 2.75) is 26.1 Å². The van der Waals surface area contributed by atoms with Crippen LogP contribution in [0.5, 0.6) is 5.88 Å². The van der Waals surface area contributed by atoms with Crippen molar-refractivity contribution >= 4 is 0 Å². The molecule has 8 heteroatoms. The second kappa shape index (κ2) is 6.94. The van der Waals surface area contributed by atoms with Gasteiger partial charge in [0.25, 0.3) is 0 Å². The van der Waals surface area contributed by atoms with Crippen molar-refractivity contribution in [2.75, 3.05) is 13.7 Å². The summed E-state index contributed by atoms with van der Waals surface area (Å²) in [5.41, 5.74) is 3.29. The van der Waals surface area contributed by atoms with Gasteiger partial charge in [-0.15, -0.1) is 5.10 Å². The largest absolute Gasteiger partial charge is 0.481 e. The van der Waals surface area contributed by atoms with Gasteiger partial charge in [-0.05, 0) is 16.0 Å². The zero-order valence-corrected chi connectivity index (χ0v) is 14.0. The van der Waals surface area contributed by atoms with Crippen LogP contribution in [0, 0.1) is 0 Å². The molecule has 0 radical (unpaired) electrons. The van der Waals surface area contributed by atoms with Gasteiger partial charge < -0.3 is 4.74 Å². The Balaban J connectivity index is 1.49. The van der Waals surface area contributed by atoms with Crippen LogP contribution < -0.4 is 4.74 Å². The van der Waals surface area contributed by atoms with Gasteiger partial charge in [0.2, 0.25) is 5.88 Å². The first kappa shape index (κ1) is 15.6. The van der Waals surface area contributed by atoms with Crippen LogP contribution in [0.25, 0.3) is 0 Å². The molecule has 1 aromatic carbocycles. The van der Waals surface area contributed by atoms with E-state index in [2.05, 4.69) is 42.5 Å². The third-order valence-electron chi connectivity index (χ3n) is 4.38. The van der Waals surface area contributed by atoms with Gasteiger partial charge in [-0.1, -0.05) is 30.3 Å². The van der Waals surface area contributed by atoms with E-state index in [4.69, 9.17) is 4.74 Å². The molecule has 2 aromatic heterocycles. The summed E-state index contributed by atoms with van der Waals surface area (Å²) >= 11 is 0. The number of rotatable bonds is 5. The van der Waals surface area contributed by atoms with E-state index in [0.29, 0.717) is 19.0 Å². The molecule has 0 saturated carbocycles. The van der Waals surface area contributed by atoms with E-state index in [1.54, 1.807) is 13.4 Å². The lowest BCUT2D eigenvalue weighted by molar-refractivity contribution is 0.226. The Morgan fingerprint density at radius 3 is 2.84 bits per heavy atom. The number of nitrogens with zero attached hydrogens (tertiary/aromatic N) is 7. The van der Waals surface area contributed by atoms with Crippen molar-refractivity contribution in [1.82, 2.24) is 35.1 Å². The molecule has 0 aliphatic carbocycles. The summed E-state index contributed by atoms with van der Waals surface area (Å²) in [7, 11) is 1.64. The highest BCUT2D eigenvalue weighted by Crippen LogP contribution is 2.24. The first-order chi connectivity index (χ1) is 12.3. The molecular weight excluding hydrogens is 318 g/mol. The predicted octanol–water partition coefficient (Wildman–Crippen LogP) is 1.08. The van der Waals surface area contributed by atoms with E-state index < -0.39 is 0 Å². The van der Waals surface area contributed by atoms with E-state index in [9.17, 15) is 0 Å². The molecule has 1 aliphatic rings. The molecule has 0 fully saturated rings. The first-order valence-electron chi connectivity index (χ1n) is 8.21. The van der Waals surface area contributed by atoms with E-state index in [0.717, 1.165) is 36.6 Å². The van der Waals surface area contributed by atoms with Crippen molar-refractivity contribution in [1.29, 1.82) is 0 Å². The molecule has 3 heterocycles. The standard InChI is InChI=1S/C17H19N7O/c1-25-17-14-10-23(8-7-15(14)18-12-19-17)11-16-20-21-22-24(16)9-13-5-3-2-4-6-13/h2-6,12H,7-11H2,1H3. The van der Waals surface area contributed by atoms with Crippen molar-refractivity contribution in [3.63, 3.8) is 0 Å². The monoisotopic (exact) mass is 337 g/mol. The smallest absolute Gasteiger partial charge is 0.220 e. The molecular formula is C17H19N7O. The van der Waals surface area contributed by atoms with Gasteiger partial charge in [0.05, 0.1) is 25.9 Å². The summed E-state index contributed by atoms with van der Waals surface area (Å²) < 4.78 is 7.23. The van der Waals surface area contributed by atoms with E-state index in [1.165, 1.54) is 5.56 Å². The zero-order chi connectivity index (χ0) is 17.1. The average molecular weight is 337 g/mol. The van der Waals surface area contributed by atoms with Crippen LogP contribution in [0.1, 0.15) is 22.6 Å². The first-order valence-corrected chi connectivity index (χ1v) is 8.21. The Morgan fingerprint density at radius 2 is 2.00 bits per heavy atom. The maximum Gasteiger partial charge on any atom is 0.220 e. The molecule has 3 aromatic rings. The SMILES string of the molecule is COc1ncnc2c1CN(Cc1nnnn1Cc1ccccc1)CC2. The lowest BCUT2D eigenvalue weighted by Gasteiger charge is -2.27.